The van der Waals surface area contributed by atoms with Crippen molar-refractivity contribution < 1.29 is 29.0 Å². The average Bonchev–Trinajstić information content (AvgIpc) is 3.83. The summed E-state index contributed by atoms with van der Waals surface area (Å²) in [6.45, 7) is 9.96. The van der Waals surface area contributed by atoms with E-state index in [2.05, 4.69) is 31.6 Å². The van der Waals surface area contributed by atoms with Gasteiger partial charge in [0.05, 0.1) is 4.92 Å². The molecule has 0 atom stereocenters. The van der Waals surface area contributed by atoms with Gasteiger partial charge in [0.25, 0.3) is 5.69 Å². The van der Waals surface area contributed by atoms with E-state index in [1.54, 1.807) is 12.1 Å². The van der Waals surface area contributed by atoms with E-state index < -0.39 is 11.9 Å². The minimum absolute atomic E-state index is 0.00178. The van der Waals surface area contributed by atoms with Crippen molar-refractivity contribution in [2.24, 2.45) is 10.3 Å². The average molecular weight is 930 g/mol. The molecule has 2 heterocycles. The molecule has 7 aromatic carbocycles. The van der Waals surface area contributed by atoms with Gasteiger partial charge < -0.3 is 18.8 Å². The Hall–Kier alpha value is -8.51. The minimum atomic E-state index is -0.540. The summed E-state index contributed by atoms with van der Waals surface area (Å²) in [4.78, 5) is 59.9. The van der Waals surface area contributed by atoms with Gasteiger partial charge in [-0.25, -0.2) is 9.59 Å². The van der Waals surface area contributed by atoms with Gasteiger partial charge in [-0.3, -0.25) is 14.9 Å². The number of hydrogen-bond donors (Lipinski definition) is 0. The van der Waals surface area contributed by atoms with Gasteiger partial charge in [-0.1, -0.05) is 108 Å². The first-order valence-electron chi connectivity index (χ1n) is 23.4. The van der Waals surface area contributed by atoms with Crippen LogP contribution in [0.1, 0.15) is 94.4 Å². The van der Waals surface area contributed by atoms with Crippen LogP contribution in [0.15, 0.2) is 156 Å². The smallest absolute Gasteiger partial charge is 0.332 e. The molecule has 9 aromatic rings. The third kappa shape index (κ3) is 9.36. The van der Waals surface area contributed by atoms with Gasteiger partial charge in [0, 0.05) is 116 Å². The highest BCUT2D eigenvalue weighted by Crippen LogP contribution is 2.36. The van der Waals surface area contributed by atoms with Gasteiger partial charge >= 0.3 is 11.9 Å². The van der Waals surface area contributed by atoms with E-state index in [9.17, 15) is 24.5 Å². The van der Waals surface area contributed by atoms with Gasteiger partial charge in [0.15, 0.2) is 5.78 Å². The van der Waals surface area contributed by atoms with Crippen molar-refractivity contribution in [2.75, 3.05) is 0 Å². The van der Waals surface area contributed by atoms with Crippen molar-refractivity contribution in [1.82, 2.24) is 9.13 Å². The molecule has 0 aliphatic heterocycles. The van der Waals surface area contributed by atoms with Crippen LogP contribution in [0.2, 0.25) is 0 Å². The van der Waals surface area contributed by atoms with E-state index in [-0.39, 0.29) is 16.4 Å². The topological polar surface area (TPSA) is 147 Å². The van der Waals surface area contributed by atoms with E-state index in [0.717, 1.165) is 109 Å². The predicted molar refractivity (Wildman–Crippen MR) is 276 cm³/mol. The zero-order valence-corrected chi connectivity index (χ0v) is 39.7. The lowest BCUT2D eigenvalue weighted by Gasteiger charge is -2.12. The summed E-state index contributed by atoms with van der Waals surface area (Å²) in [6.07, 6.45) is 3.62. The Kier molecular flexibility index (Phi) is 13.3. The highest BCUT2D eigenvalue weighted by atomic mass is 16.7. The highest BCUT2D eigenvalue weighted by Gasteiger charge is 2.21. The largest absolute Gasteiger partial charge is 0.340 e. The highest BCUT2D eigenvalue weighted by molar-refractivity contribution is 6.20. The van der Waals surface area contributed by atoms with Gasteiger partial charge in [-0.05, 0) is 98.8 Å². The van der Waals surface area contributed by atoms with E-state index in [4.69, 9.17) is 9.68 Å². The number of fused-ring (bicyclic) bond motifs is 6. The molecule has 70 heavy (non-hydrogen) atoms. The van der Waals surface area contributed by atoms with E-state index >= 15 is 0 Å². The summed E-state index contributed by atoms with van der Waals surface area (Å²) in [7, 11) is 0. The number of nitro benzene ring substituents is 1. The van der Waals surface area contributed by atoms with Crippen molar-refractivity contribution in [3.8, 4) is 0 Å². The van der Waals surface area contributed by atoms with Crippen LogP contribution in [0.25, 0.3) is 43.6 Å². The number of ketones is 1. The summed E-state index contributed by atoms with van der Waals surface area (Å²) in [6, 6.07) is 46.2. The lowest BCUT2D eigenvalue weighted by atomic mass is 9.96. The van der Waals surface area contributed by atoms with Gasteiger partial charge in [0.2, 0.25) is 0 Å². The van der Waals surface area contributed by atoms with E-state index in [1.807, 2.05) is 142 Å². The molecule has 0 spiro atoms. The molecule has 0 bridgehead atoms. The number of rotatable bonds is 16. The zero-order chi connectivity index (χ0) is 49.1. The number of nitrogens with zero attached hydrogens (tertiary/aromatic N) is 5. The van der Waals surface area contributed by atoms with Crippen LogP contribution in [0.3, 0.4) is 0 Å². The molecule has 0 N–H and O–H groups in total. The third-order valence-corrected chi connectivity index (χ3v) is 13.0. The summed E-state index contributed by atoms with van der Waals surface area (Å²) in [5.41, 5.74) is 12.1. The monoisotopic (exact) mass is 929 g/mol. The fourth-order valence-electron chi connectivity index (χ4n) is 9.52. The Morgan fingerprint density at radius 3 is 1.27 bits per heavy atom. The second-order valence-electron chi connectivity index (χ2n) is 17.7. The Morgan fingerprint density at radius 1 is 0.486 bits per heavy atom. The van der Waals surface area contributed by atoms with Gasteiger partial charge in [0.1, 0.15) is 11.4 Å². The van der Waals surface area contributed by atoms with Gasteiger partial charge in [-0.15, -0.1) is 0 Å². The van der Waals surface area contributed by atoms with Crippen LogP contribution in [0.4, 0.5) is 5.69 Å². The lowest BCUT2D eigenvalue weighted by molar-refractivity contribution is -0.384. The Morgan fingerprint density at radius 2 is 0.857 bits per heavy atom. The van der Waals surface area contributed by atoms with Crippen molar-refractivity contribution in [3.63, 3.8) is 0 Å². The molecule has 0 aliphatic rings. The fraction of sp³-hybridized carbons (Fsp3) is 0.190. The maximum Gasteiger partial charge on any atom is 0.332 e. The lowest BCUT2D eigenvalue weighted by Crippen LogP contribution is -2.08. The number of hydrogen-bond acceptors (Lipinski definition) is 9. The molecule has 2 aromatic heterocycles. The summed E-state index contributed by atoms with van der Waals surface area (Å²) >= 11 is 0. The summed E-state index contributed by atoms with van der Waals surface area (Å²) < 4.78 is 4.55. The maximum atomic E-state index is 14.0. The summed E-state index contributed by atoms with van der Waals surface area (Å²) in [5, 5.41) is 24.1. The van der Waals surface area contributed by atoms with Crippen molar-refractivity contribution in [2.45, 2.75) is 73.4 Å². The second kappa shape index (κ2) is 20.0. The molecule has 350 valence electrons. The Balaban J connectivity index is 1.01. The first-order valence-corrected chi connectivity index (χ1v) is 23.4. The first kappa shape index (κ1) is 46.6. The molecular formula is C58H51N5O7. The van der Waals surface area contributed by atoms with Crippen LogP contribution in [0.5, 0.6) is 0 Å². The molecule has 0 saturated carbocycles. The van der Waals surface area contributed by atoms with Crippen LogP contribution in [-0.4, -0.2) is 43.2 Å². The predicted octanol–water partition coefficient (Wildman–Crippen LogP) is 12.9. The van der Waals surface area contributed by atoms with Crippen LogP contribution < -0.4 is 0 Å². The molecular weight excluding hydrogens is 879 g/mol. The number of non-ortho nitro benzene ring substituents is 1. The van der Waals surface area contributed by atoms with Crippen LogP contribution in [-0.2, 0) is 32.4 Å². The SMILES string of the molecule is CC(=O)O/N=C(/c1ccc2c(c1)c1cc([N+](=O)[O-])ccc1n2CCCCCCn1c2ccc(C(=O)c3ccccc3C)cc2c2cc(/C(=N\OC(C)=O)c3ccccc3C)ccc21)c1ccccc1C. The number of carbonyl (C=O) groups is 3. The fourth-order valence-corrected chi connectivity index (χ4v) is 9.52. The maximum absolute atomic E-state index is 14.0. The second-order valence-corrected chi connectivity index (χ2v) is 17.7. The molecule has 0 radical (unpaired) electrons. The van der Waals surface area contributed by atoms with Crippen LogP contribution in [0, 0.1) is 30.9 Å². The Labute approximate surface area is 404 Å². The normalized spacial score (nSPS) is 12.0. The van der Waals surface area contributed by atoms with Crippen molar-refractivity contribution in [1.29, 1.82) is 0 Å². The van der Waals surface area contributed by atoms with E-state index in [0.29, 0.717) is 34.7 Å². The number of nitro groups is 1. The molecule has 0 amide bonds. The third-order valence-electron chi connectivity index (χ3n) is 13.0. The summed E-state index contributed by atoms with van der Waals surface area (Å²) in [5.74, 6) is -1.10. The Bertz CT molecular complexity index is 3620. The minimum Gasteiger partial charge on any atom is -0.340 e. The number of aryl methyl sites for hydroxylation is 5. The zero-order valence-electron chi connectivity index (χ0n) is 39.7. The molecule has 0 unspecified atom stereocenters. The molecule has 0 aliphatic carbocycles. The number of aromatic nitrogens is 2. The molecule has 0 saturated heterocycles. The number of carbonyl (C=O) groups excluding carboxylic acids is 3. The van der Waals surface area contributed by atoms with Crippen molar-refractivity contribution in [3.05, 3.63) is 206 Å². The molecule has 9 rings (SSSR count). The number of benzene rings is 7. The van der Waals surface area contributed by atoms with Crippen molar-refractivity contribution >= 4 is 78.4 Å². The molecule has 12 heteroatoms. The standard InChI is InChI=1S/C58H51N5O7/c1-36-16-8-11-19-45(36)56(59-69-39(4)64)41-22-26-52-48(32-41)50-34-43(58(66)47-21-13-10-18-38(47)3)24-28-54(50)61(52)30-14-6-7-15-31-62-53-27-23-42(33-49(53)51-35-44(63(67)68)25-29-55(51)62)57(60-70-40(5)65)46-20-12-9-17-37(46)2/h8-13,16-29,32-35H,6-7,14-15,30-31H2,1-5H3/b59-56+,60-57-. The van der Waals surface area contributed by atoms with Gasteiger partial charge in [-0.2, -0.15) is 0 Å². The number of oxime groups is 2. The quantitative estimate of drug-likeness (QED) is 0.0234. The van der Waals surface area contributed by atoms with E-state index in [1.165, 1.54) is 13.8 Å². The number of unbranched alkanes of at least 4 members (excludes halogenated alkanes) is 3. The van der Waals surface area contributed by atoms with Crippen LogP contribution >= 0.6 is 0 Å². The molecule has 0 fully saturated rings. The molecule has 12 nitrogen and oxygen atoms in total. The first-order chi connectivity index (χ1) is 33.9.